The molecule has 0 aliphatic carbocycles. The van der Waals surface area contributed by atoms with Crippen molar-refractivity contribution in [2.45, 2.75) is 6.82 Å². The fourth-order valence-electron chi connectivity index (χ4n) is 0.818. The predicted molar refractivity (Wildman–Crippen MR) is 48.5 cm³/mol. The topological polar surface area (TPSA) is 0 Å². The third kappa shape index (κ3) is 2.10. The maximum absolute atomic E-state index is 2.16. The zero-order valence-electron chi connectivity index (χ0n) is 6.25. The van der Waals surface area contributed by atoms with Gasteiger partial charge in [0.15, 0.2) is 0 Å². The average Bonchev–Trinajstić information content (AvgIpc) is 2.03. The highest BCUT2D eigenvalue weighted by molar-refractivity contribution is 6.41. The summed E-state index contributed by atoms with van der Waals surface area (Å²) < 4.78 is 0. The molecule has 1 heteroatoms. The van der Waals surface area contributed by atoms with Crippen LogP contribution >= 0.6 is 0 Å². The summed E-state index contributed by atoms with van der Waals surface area (Å²) in [6.45, 7) is 2.14. The van der Waals surface area contributed by atoms with Gasteiger partial charge in [-0.15, -0.1) is 5.98 Å². The molecule has 1 aromatic carbocycles. The molecule has 0 aliphatic rings. The summed E-state index contributed by atoms with van der Waals surface area (Å²) in [5.74, 6) is 2.16. The van der Waals surface area contributed by atoms with Crippen molar-refractivity contribution < 1.29 is 0 Å². The molecule has 0 bridgehead atoms. The monoisotopic (exact) mass is 130 g/mol. The molecule has 0 spiro atoms. The summed E-state index contributed by atoms with van der Waals surface area (Å²) in [5.41, 5.74) is 1.28. The van der Waals surface area contributed by atoms with E-state index in [1.807, 2.05) is 6.07 Å². The number of hydrogen-bond donors (Lipinski definition) is 0. The normalized spacial score (nSPS) is 10.1. The molecule has 0 saturated carbocycles. The molecular weight excluding hydrogens is 119 g/mol. The highest BCUT2D eigenvalue weighted by atomic mass is 13.8. The van der Waals surface area contributed by atoms with Crippen LogP contribution in [0.2, 0.25) is 6.82 Å². The predicted octanol–water partition coefficient (Wildman–Crippen LogP) is 2.14. The SMILES string of the molecule is CB/C=C/c1ccccc1. The van der Waals surface area contributed by atoms with Crippen molar-refractivity contribution >= 4 is 13.4 Å². The van der Waals surface area contributed by atoms with Gasteiger partial charge in [-0.2, -0.15) is 0 Å². The number of benzene rings is 1. The molecule has 50 valence electrons. The largest absolute Gasteiger partial charge is 0.144 e. The van der Waals surface area contributed by atoms with Crippen LogP contribution in [0.3, 0.4) is 0 Å². The Morgan fingerprint density at radius 1 is 1.20 bits per heavy atom. The first kappa shape index (κ1) is 7.14. The number of rotatable bonds is 2. The van der Waals surface area contributed by atoms with Gasteiger partial charge in [0.25, 0.3) is 0 Å². The average molecular weight is 130 g/mol. The zero-order chi connectivity index (χ0) is 7.23. The minimum Gasteiger partial charge on any atom is -0.119 e. The van der Waals surface area contributed by atoms with Crippen LogP contribution in [0.1, 0.15) is 5.56 Å². The minimum absolute atomic E-state index is 1.11. The Morgan fingerprint density at radius 3 is 2.50 bits per heavy atom. The van der Waals surface area contributed by atoms with Crippen LogP contribution in [0, 0.1) is 0 Å². The Hall–Kier alpha value is -0.975. The summed E-state index contributed by atoms with van der Waals surface area (Å²) >= 11 is 0. The molecule has 0 saturated heterocycles. The lowest BCUT2D eigenvalue weighted by Crippen LogP contribution is -1.72. The van der Waals surface area contributed by atoms with Crippen LogP contribution in [0.25, 0.3) is 6.08 Å². The van der Waals surface area contributed by atoms with Crippen molar-refractivity contribution in [2.75, 3.05) is 0 Å². The fourth-order valence-corrected chi connectivity index (χ4v) is 0.818. The lowest BCUT2D eigenvalue weighted by atomic mass is 9.82. The molecule has 0 aliphatic heterocycles. The van der Waals surface area contributed by atoms with Gasteiger partial charge >= 0.3 is 0 Å². The van der Waals surface area contributed by atoms with E-state index in [-0.39, 0.29) is 0 Å². The van der Waals surface area contributed by atoms with E-state index < -0.39 is 0 Å². The highest BCUT2D eigenvalue weighted by Gasteiger charge is 1.79. The fraction of sp³-hybridized carbons (Fsp3) is 0.111. The molecule has 1 aromatic rings. The standard InChI is InChI=1S/C9H11B/c1-10-8-7-9-5-3-2-4-6-9/h2-8,10H,1H3/b8-7+. The molecule has 0 radical (unpaired) electrons. The molecule has 1 rings (SSSR count). The van der Waals surface area contributed by atoms with E-state index in [0.29, 0.717) is 0 Å². The summed E-state index contributed by atoms with van der Waals surface area (Å²) in [5, 5.41) is 0. The van der Waals surface area contributed by atoms with Crippen LogP contribution in [-0.2, 0) is 0 Å². The second-order valence-corrected chi connectivity index (χ2v) is 2.22. The van der Waals surface area contributed by atoms with Crippen LogP contribution in [0.5, 0.6) is 0 Å². The smallest absolute Gasteiger partial charge is 0.119 e. The van der Waals surface area contributed by atoms with E-state index in [2.05, 4.69) is 43.1 Å². The molecule has 0 amide bonds. The number of hydrogen-bond acceptors (Lipinski definition) is 0. The maximum atomic E-state index is 2.16. The van der Waals surface area contributed by atoms with Crippen molar-refractivity contribution in [3.63, 3.8) is 0 Å². The van der Waals surface area contributed by atoms with Gasteiger partial charge < -0.3 is 0 Å². The molecule has 0 atom stereocenters. The van der Waals surface area contributed by atoms with Crippen LogP contribution < -0.4 is 0 Å². The maximum Gasteiger partial charge on any atom is 0.144 e. The van der Waals surface area contributed by atoms with E-state index in [4.69, 9.17) is 0 Å². The Kier molecular flexibility index (Phi) is 2.81. The van der Waals surface area contributed by atoms with Crippen LogP contribution in [0.4, 0.5) is 0 Å². The van der Waals surface area contributed by atoms with Crippen molar-refractivity contribution in [2.24, 2.45) is 0 Å². The van der Waals surface area contributed by atoms with Crippen molar-refractivity contribution in [1.82, 2.24) is 0 Å². The summed E-state index contributed by atoms with van der Waals surface area (Å²) in [6, 6.07) is 10.3. The second kappa shape index (κ2) is 3.94. The van der Waals surface area contributed by atoms with Gasteiger partial charge in [0.2, 0.25) is 0 Å². The zero-order valence-corrected chi connectivity index (χ0v) is 6.25. The first-order valence-electron chi connectivity index (χ1n) is 3.65. The van der Waals surface area contributed by atoms with Gasteiger partial charge in [0.1, 0.15) is 7.28 Å². The second-order valence-electron chi connectivity index (χ2n) is 2.22. The van der Waals surface area contributed by atoms with Gasteiger partial charge in [-0.3, -0.25) is 0 Å². The first-order chi connectivity index (χ1) is 4.93. The van der Waals surface area contributed by atoms with E-state index in [9.17, 15) is 0 Å². The van der Waals surface area contributed by atoms with Crippen LogP contribution in [-0.4, -0.2) is 7.28 Å². The van der Waals surface area contributed by atoms with Crippen molar-refractivity contribution in [1.29, 1.82) is 0 Å². The Balaban J connectivity index is 2.67. The Bertz CT molecular complexity index is 201. The third-order valence-electron chi connectivity index (χ3n) is 1.35. The quantitative estimate of drug-likeness (QED) is 0.538. The Labute approximate surface area is 62.8 Å². The van der Waals surface area contributed by atoms with E-state index in [1.54, 1.807) is 0 Å². The highest BCUT2D eigenvalue weighted by Crippen LogP contribution is 1.99. The third-order valence-corrected chi connectivity index (χ3v) is 1.35. The molecule has 0 nitrogen and oxygen atoms in total. The van der Waals surface area contributed by atoms with E-state index in [0.717, 1.165) is 7.28 Å². The van der Waals surface area contributed by atoms with E-state index in [1.165, 1.54) is 5.56 Å². The van der Waals surface area contributed by atoms with Crippen molar-refractivity contribution in [3.05, 3.63) is 41.9 Å². The van der Waals surface area contributed by atoms with E-state index >= 15 is 0 Å². The lowest BCUT2D eigenvalue weighted by Gasteiger charge is -1.88. The van der Waals surface area contributed by atoms with Gasteiger partial charge in [0, 0.05) is 0 Å². The Morgan fingerprint density at radius 2 is 1.90 bits per heavy atom. The molecule has 0 N–H and O–H groups in total. The van der Waals surface area contributed by atoms with Crippen LogP contribution in [0.15, 0.2) is 36.3 Å². The van der Waals surface area contributed by atoms with Gasteiger partial charge in [-0.25, -0.2) is 0 Å². The minimum atomic E-state index is 1.11. The van der Waals surface area contributed by atoms with Crippen molar-refractivity contribution in [3.8, 4) is 0 Å². The molecule has 0 unspecified atom stereocenters. The molecular formula is C9H11B. The lowest BCUT2D eigenvalue weighted by molar-refractivity contribution is 1.66. The summed E-state index contributed by atoms with van der Waals surface area (Å²) in [7, 11) is 1.11. The molecule has 10 heavy (non-hydrogen) atoms. The molecule has 0 fully saturated rings. The summed E-state index contributed by atoms with van der Waals surface area (Å²) in [4.78, 5) is 0. The summed E-state index contributed by atoms with van der Waals surface area (Å²) in [6.07, 6.45) is 2.14. The van der Waals surface area contributed by atoms with Gasteiger partial charge in [-0.05, 0) is 5.56 Å². The van der Waals surface area contributed by atoms with Gasteiger partial charge in [0.05, 0.1) is 0 Å². The molecule has 0 aromatic heterocycles. The van der Waals surface area contributed by atoms with Gasteiger partial charge in [-0.1, -0.05) is 43.2 Å². The first-order valence-corrected chi connectivity index (χ1v) is 3.65. The molecule has 0 heterocycles.